The van der Waals surface area contributed by atoms with Gasteiger partial charge in [-0.1, -0.05) is 18.8 Å². The van der Waals surface area contributed by atoms with Gasteiger partial charge in [0, 0.05) is 31.4 Å². The minimum absolute atomic E-state index is 0.0305. The third-order valence-corrected chi connectivity index (χ3v) is 2.92. The standard InChI is InChI=1S/C16H24N4O/c1-4-10-20(12-11-19(2)3)16(21)15-8-7-14(13-18-15)6-5-9-17/h7-8,13H,4,9-12,17H2,1-3H3. The van der Waals surface area contributed by atoms with Crippen LogP contribution >= 0.6 is 0 Å². The van der Waals surface area contributed by atoms with Crippen molar-refractivity contribution in [3.05, 3.63) is 29.6 Å². The van der Waals surface area contributed by atoms with Gasteiger partial charge in [-0.15, -0.1) is 0 Å². The maximum absolute atomic E-state index is 12.5. The third kappa shape index (κ3) is 5.94. The molecule has 0 radical (unpaired) electrons. The third-order valence-electron chi connectivity index (χ3n) is 2.92. The average molecular weight is 288 g/mol. The second-order valence-electron chi connectivity index (χ2n) is 5.03. The Morgan fingerprint density at radius 1 is 1.29 bits per heavy atom. The first-order valence-electron chi connectivity index (χ1n) is 7.17. The van der Waals surface area contributed by atoms with Gasteiger partial charge in [-0.25, -0.2) is 4.98 Å². The average Bonchev–Trinajstić information content (AvgIpc) is 2.49. The lowest BCUT2D eigenvalue weighted by molar-refractivity contribution is 0.0739. The molecule has 0 bridgehead atoms. The van der Waals surface area contributed by atoms with Crippen molar-refractivity contribution in [2.45, 2.75) is 13.3 Å². The maximum atomic E-state index is 12.5. The van der Waals surface area contributed by atoms with Crippen molar-refractivity contribution in [3.8, 4) is 11.8 Å². The molecule has 1 aromatic heterocycles. The molecule has 0 saturated heterocycles. The molecule has 21 heavy (non-hydrogen) atoms. The lowest BCUT2D eigenvalue weighted by Gasteiger charge is -2.23. The first-order chi connectivity index (χ1) is 10.1. The van der Waals surface area contributed by atoms with Crippen molar-refractivity contribution in [1.29, 1.82) is 0 Å². The molecule has 0 spiro atoms. The van der Waals surface area contributed by atoms with E-state index in [1.54, 1.807) is 18.3 Å². The maximum Gasteiger partial charge on any atom is 0.272 e. The summed E-state index contributed by atoms with van der Waals surface area (Å²) in [5.41, 5.74) is 6.56. The fraction of sp³-hybridized carbons (Fsp3) is 0.500. The first-order valence-corrected chi connectivity index (χ1v) is 7.17. The van der Waals surface area contributed by atoms with E-state index in [0.717, 1.165) is 25.1 Å². The van der Waals surface area contributed by atoms with Crippen molar-refractivity contribution >= 4 is 5.91 Å². The fourth-order valence-electron chi connectivity index (χ4n) is 1.81. The molecule has 114 valence electrons. The summed E-state index contributed by atoms with van der Waals surface area (Å²) in [4.78, 5) is 20.6. The van der Waals surface area contributed by atoms with Gasteiger partial charge in [-0.05, 0) is 32.6 Å². The zero-order chi connectivity index (χ0) is 15.7. The molecule has 1 amide bonds. The number of carbonyl (C=O) groups excluding carboxylic acids is 1. The minimum atomic E-state index is -0.0305. The lowest BCUT2D eigenvalue weighted by atomic mass is 10.2. The van der Waals surface area contributed by atoms with Gasteiger partial charge >= 0.3 is 0 Å². The van der Waals surface area contributed by atoms with Crippen LogP contribution in [0.4, 0.5) is 0 Å². The van der Waals surface area contributed by atoms with E-state index < -0.39 is 0 Å². The van der Waals surface area contributed by atoms with E-state index in [1.165, 1.54) is 0 Å². The van der Waals surface area contributed by atoms with Gasteiger partial charge in [0.1, 0.15) is 5.69 Å². The van der Waals surface area contributed by atoms with Crippen LogP contribution in [0.3, 0.4) is 0 Å². The monoisotopic (exact) mass is 288 g/mol. The van der Waals surface area contributed by atoms with Crippen molar-refractivity contribution in [2.24, 2.45) is 5.73 Å². The SMILES string of the molecule is CCCN(CCN(C)C)C(=O)c1ccc(C#CCN)cn1. The summed E-state index contributed by atoms with van der Waals surface area (Å²) in [5, 5.41) is 0. The number of nitrogens with two attached hydrogens (primary N) is 1. The number of pyridine rings is 1. The molecule has 0 fully saturated rings. The quantitative estimate of drug-likeness (QED) is 0.787. The highest BCUT2D eigenvalue weighted by Gasteiger charge is 2.16. The van der Waals surface area contributed by atoms with Crippen molar-refractivity contribution in [1.82, 2.24) is 14.8 Å². The molecule has 0 saturated carbocycles. The Kier molecular flexibility index (Phi) is 7.44. The number of carbonyl (C=O) groups is 1. The molecule has 0 atom stereocenters. The Morgan fingerprint density at radius 3 is 2.57 bits per heavy atom. The van der Waals surface area contributed by atoms with Crippen molar-refractivity contribution in [3.63, 3.8) is 0 Å². The van der Waals surface area contributed by atoms with Crippen LogP contribution in [0.15, 0.2) is 18.3 Å². The van der Waals surface area contributed by atoms with Crippen LogP contribution in [-0.2, 0) is 0 Å². The molecule has 1 aromatic rings. The summed E-state index contributed by atoms with van der Waals surface area (Å²) >= 11 is 0. The lowest BCUT2D eigenvalue weighted by Crippen LogP contribution is -2.37. The first kappa shape index (κ1) is 17.2. The van der Waals surface area contributed by atoms with Gasteiger partial charge in [0.25, 0.3) is 5.91 Å². The van der Waals surface area contributed by atoms with E-state index >= 15 is 0 Å². The van der Waals surface area contributed by atoms with Gasteiger partial charge in [-0.3, -0.25) is 4.79 Å². The molecule has 1 heterocycles. The number of nitrogens with zero attached hydrogens (tertiary/aromatic N) is 3. The van der Waals surface area contributed by atoms with Crippen LogP contribution in [0.25, 0.3) is 0 Å². The van der Waals surface area contributed by atoms with E-state index in [-0.39, 0.29) is 5.91 Å². The van der Waals surface area contributed by atoms with Crippen molar-refractivity contribution < 1.29 is 4.79 Å². The Labute approximate surface area is 127 Å². The van der Waals surface area contributed by atoms with Crippen LogP contribution in [0, 0.1) is 11.8 Å². The van der Waals surface area contributed by atoms with Crippen LogP contribution in [0.1, 0.15) is 29.4 Å². The molecule has 0 unspecified atom stereocenters. The minimum Gasteiger partial charge on any atom is -0.336 e. The van der Waals surface area contributed by atoms with E-state index in [4.69, 9.17) is 5.73 Å². The summed E-state index contributed by atoms with van der Waals surface area (Å²) in [7, 11) is 4.00. The van der Waals surface area contributed by atoms with Gasteiger partial charge in [-0.2, -0.15) is 0 Å². The molecule has 5 nitrogen and oxygen atoms in total. The smallest absolute Gasteiger partial charge is 0.272 e. The predicted octanol–water partition coefficient (Wildman–Crippen LogP) is 0.806. The fourth-order valence-corrected chi connectivity index (χ4v) is 1.81. The summed E-state index contributed by atoms with van der Waals surface area (Å²) in [6.45, 7) is 4.66. The molecule has 0 aliphatic carbocycles. The Balaban J connectivity index is 2.78. The van der Waals surface area contributed by atoms with Gasteiger partial charge in [0.2, 0.25) is 0 Å². The zero-order valence-corrected chi connectivity index (χ0v) is 13.1. The van der Waals surface area contributed by atoms with Crippen molar-refractivity contribution in [2.75, 3.05) is 40.3 Å². The van der Waals surface area contributed by atoms with Crippen LogP contribution in [-0.4, -0.2) is 61.0 Å². The second-order valence-corrected chi connectivity index (χ2v) is 5.03. The topological polar surface area (TPSA) is 62.5 Å². The predicted molar refractivity (Wildman–Crippen MR) is 84.9 cm³/mol. The number of hydrogen-bond acceptors (Lipinski definition) is 4. The van der Waals surface area contributed by atoms with Gasteiger partial charge in [0.05, 0.1) is 6.54 Å². The number of hydrogen-bond donors (Lipinski definition) is 1. The number of rotatable bonds is 6. The Hall–Kier alpha value is -1.90. The normalized spacial score (nSPS) is 10.1. The summed E-state index contributed by atoms with van der Waals surface area (Å²) in [6, 6.07) is 3.53. The van der Waals surface area contributed by atoms with E-state index in [9.17, 15) is 4.79 Å². The molecule has 5 heteroatoms. The van der Waals surface area contributed by atoms with Crippen LogP contribution in [0.5, 0.6) is 0 Å². The van der Waals surface area contributed by atoms with E-state index in [2.05, 4.69) is 28.6 Å². The Bertz CT molecular complexity index is 499. The summed E-state index contributed by atoms with van der Waals surface area (Å²) < 4.78 is 0. The molecular weight excluding hydrogens is 264 g/mol. The van der Waals surface area contributed by atoms with E-state index in [0.29, 0.717) is 18.8 Å². The van der Waals surface area contributed by atoms with Crippen LogP contribution < -0.4 is 5.73 Å². The van der Waals surface area contributed by atoms with Gasteiger partial charge < -0.3 is 15.5 Å². The molecular formula is C16H24N4O. The second kappa shape index (κ2) is 9.11. The van der Waals surface area contributed by atoms with Gasteiger partial charge in [0.15, 0.2) is 0 Å². The molecule has 0 aromatic carbocycles. The molecule has 0 aliphatic heterocycles. The summed E-state index contributed by atoms with van der Waals surface area (Å²) in [6.07, 6.45) is 2.55. The largest absolute Gasteiger partial charge is 0.336 e. The molecule has 2 N–H and O–H groups in total. The highest BCUT2D eigenvalue weighted by Crippen LogP contribution is 2.05. The highest BCUT2D eigenvalue weighted by atomic mass is 16.2. The Morgan fingerprint density at radius 2 is 2.05 bits per heavy atom. The number of likely N-dealkylation sites (N-methyl/N-ethyl adjacent to an activating group) is 1. The molecule has 1 rings (SSSR count). The van der Waals surface area contributed by atoms with E-state index in [1.807, 2.05) is 19.0 Å². The highest BCUT2D eigenvalue weighted by molar-refractivity contribution is 5.92. The number of aromatic nitrogens is 1. The molecule has 0 aliphatic rings. The summed E-state index contributed by atoms with van der Waals surface area (Å²) in [5.74, 6) is 5.63. The number of amides is 1. The van der Waals surface area contributed by atoms with Crippen LogP contribution in [0.2, 0.25) is 0 Å². The zero-order valence-electron chi connectivity index (χ0n) is 13.1.